The second kappa shape index (κ2) is 6.13. The third kappa shape index (κ3) is 2.69. The summed E-state index contributed by atoms with van der Waals surface area (Å²) in [6, 6.07) is 13.4. The van der Waals surface area contributed by atoms with E-state index in [4.69, 9.17) is 11.6 Å². The average Bonchev–Trinajstić information content (AvgIpc) is 2.80. The normalized spacial score (nSPS) is 19.8. The molecule has 0 spiro atoms. The Morgan fingerprint density at radius 3 is 2.21 bits per heavy atom. The summed E-state index contributed by atoms with van der Waals surface area (Å²) in [7, 11) is 1.55. The van der Waals surface area contributed by atoms with Crippen LogP contribution in [0.2, 0.25) is 5.02 Å². The van der Waals surface area contributed by atoms with Crippen LogP contribution < -0.4 is 0 Å². The minimum atomic E-state index is -0.685. The van der Waals surface area contributed by atoms with Crippen LogP contribution in [0.25, 0.3) is 5.76 Å². The molecule has 24 heavy (non-hydrogen) atoms. The number of aryl methyl sites for hydroxylation is 1. The van der Waals surface area contributed by atoms with Crippen molar-refractivity contribution in [3.8, 4) is 0 Å². The van der Waals surface area contributed by atoms with Crippen LogP contribution >= 0.6 is 11.6 Å². The molecule has 0 saturated carbocycles. The average molecular weight is 342 g/mol. The van der Waals surface area contributed by atoms with Crippen LogP contribution in [0, 0.1) is 6.92 Å². The van der Waals surface area contributed by atoms with Crippen molar-refractivity contribution < 1.29 is 14.7 Å². The number of carbonyl (C=O) groups is 2. The van der Waals surface area contributed by atoms with Crippen molar-refractivity contribution in [1.82, 2.24) is 4.90 Å². The molecule has 3 rings (SSSR count). The lowest BCUT2D eigenvalue weighted by Gasteiger charge is -2.21. The summed E-state index contributed by atoms with van der Waals surface area (Å²) in [5, 5.41) is 11.2. The summed E-state index contributed by atoms with van der Waals surface area (Å²) in [4.78, 5) is 25.9. The molecule has 0 aromatic heterocycles. The summed E-state index contributed by atoms with van der Waals surface area (Å²) >= 11 is 5.91. The zero-order valence-corrected chi connectivity index (χ0v) is 14.0. The van der Waals surface area contributed by atoms with Crippen LogP contribution in [0.1, 0.15) is 22.7 Å². The number of amides is 1. The summed E-state index contributed by atoms with van der Waals surface area (Å²) in [5.74, 6) is -1.49. The van der Waals surface area contributed by atoms with Crippen LogP contribution in [-0.4, -0.2) is 28.7 Å². The second-order valence-corrected chi connectivity index (χ2v) is 6.26. The number of nitrogens with zero attached hydrogens (tertiary/aromatic N) is 1. The molecule has 2 aromatic rings. The standard InChI is InChI=1S/C19H16ClNO3/c1-11-3-5-13(6-4-11)17(22)15-16(21(2)19(24)18(15)23)12-7-9-14(20)10-8-12/h3-10,16,22H,1-2H3. The van der Waals surface area contributed by atoms with E-state index in [9.17, 15) is 14.7 Å². The molecule has 0 aliphatic carbocycles. The maximum absolute atomic E-state index is 12.4. The Balaban J connectivity index is 2.16. The third-order valence-corrected chi connectivity index (χ3v) is 4.44. The molecule has 1 heterocycles. The summed E-state index contributed by atoms with van der Waals surface area (Å²) in [6.07, 6.45) is 0. The fourth-order valence-corrected chi connectivity index (χ4v) is 2.98. The molecule has 1 fully saturated rings. The van der Waals surface area contributed by atoms with Gasteiger partial charge in [0.1, 0.15) is 5.76 Å². The quantitative estimate of drug-likeness (QED) is 0.515. The van der Waals surface area contributed by atoms with Crippen molar-refractivity contribution >= 4 is 29.1 Å². The van der Waals surface area contributed by atoms with Gasteiger partial charge in [-0.15, -0.1) is 0 Å². The highest BCUT2D eigenvalue weighted by atomic mass is 35.5. The van der Waals surface area contributed by atoms with Crippen molar-refractivity contribution in [2.75, 3.05) is 7.05 Å². The number of aliphatic hydroxyl groups is 1. The molecule has 0 bridgehead atoms. The van der Waals surface area contributed by atoms with Crippen molar-refractivity contribution in [3.05, 3.63) is 75.8 Å². The SMILES string of the molecule is Cc1ccc(C(O)=C2C(=O)C(=O)N(C)C2c2ccc(Cl)cc2)cc1. The molecule has 1 N–H and O–H groups in total. The number of hydrogen-bond donors (Lipinski definition) is 1. The van der Waals surface area contributed by atoms with Gasteiger partial charge < -0.3 is 10.0 Å². The molecule has 0 radical (unpaired) electrons. The van der Waals surface area contributed by atoms with E-state index in [-0.39, 0.29) is 11.3 Å². The van der Waals surface area contributed by atoms with Gasteiger partial charge in [0.15, 0.2) is 0 Å². The van der Waals surface area contributed by atoms with E-state index < -0.39 is 17.7 Å². The lowest BCUT2D eigenvalue weighted by Crippen LogP contribution is -2.24. The van der Waals surface area contributed by atoms with E-state index in [0.29, 0.717) is 10.6 Å². The first-order valence-corrected chi connectivity index (χ1v) is 7.85. The molecule has 1 atom stereocenters. The molecular formula is C19H16ClNO3. The molecule has 1 saturated heterocycles. The Kier molecular flexibility index (Phi) is 4.16. The highest BCUT2D eigenvalue weighted by molar-refractivity contribution is 6.46. The van der Waals surface area contributed by atoms with E-state index in [2.05, 4.69) is 0 Å². The minimum absolute atomic E-state index is 0.0914. The van der Waals surface area contributed by atoms with Gasteiger partial charge in [-0.1, -0.05) is 53.6 Å². The zero-order chi connectivity index (χ0) is 17.4. The van der Waals surface area contributed by atoms with Gasteiger partial charge in [-0.3, -0.25) is 9.59 Å². The highest BCUT2D eigenvalue weighted by Crippen LogP contribution is 2.38. The first-order chi connectivity index (χ1) is 11.4. The number of benzene rings is 2. The van der Waals surface area contributed by atoms with Gasteiger partial charge in [-0.2, -0.15) is 0 Å². The predicted octanol–water partition coefficient (Wildman–Crippen LogP) is 3.70. The number of rotatable bonds is 2. The van der Waals surface area contributed by atoms with Crippen LogP contribution in [0.4, 0.5) is 0 Å². The van der Waals surface area contributed by atoms with Gasteiger partial charge in [-0.05, 0) is 24.6 Å². The van der Waals surface area contributed by atoms with Gasteiger partial charge in [0, 0.05) is 17.6 Å². The third-order valence-electron chi connectivity index (χ3n) is 4.19. The number of ketones is 1. The molecule has 4 nitrogen and oxygen atoms in total. The number of likely N-dealkylation sites (tertiary alicyclic amines) is 1. The van der Waals surface area contributed by atoms with E-state index in [0.717, 1.165) is 11.1 Å². The number of halogens is 1. The van der Waals surface area contributed by atoms with Gasteiger partial charge in [0.05, 0.1) is 11.6 Å². The summed E-state index contributed by atoms with van der Waals surface area (Å²) in [5.41, 5.74) is 2.35. The number of Topliss-reactive ketones (excluding diaryl/α,β-unsaturated/α-hetero) is 1. The molecule has 2 aromatic carbocycles. The first-order valence-electron chi connectivity index (χ1n) is 7.47. The number of hydrogen-bond acceptors (Lipinski definition) is 3. The lowest BCUT2D eigenvalue weighted by atomic mass is 9.95. The van der Waals surface area contributed by atoms with Gasteiger partial charge in [-0.25, -0.2) is 0 Å². The monoisotopic (exact) mass is 341 g/mol. The molecule has 1 aliphatic heterocycles. The molecule has 1 amide bonds. The molecule has 122 valence electrons. The zero-order valence-electron chi connectivity index (χ0n) is 13.3. The minimum Gasteiger partial charge on any atom is -0.507 e. The molecule has 1 aliphatic rings. The smallest absolute Gasteiger partial charge is 0.295 e. The fraction of sp³-hybridized carbons (Fsp3) is 0.158. The van der Waals surface area contributed by atoms with Gasteiger partial charge >= 0.3 is 0 Å². The Bertz CT molecular complexity index is 838. The van der Waals surface area contributed by atoms with E-state index in [1.807, 2.05) is 19.1 Å². The van der Waals surface area contributed by atoms with Gasteiger partial charge in [0.25, 0.3) is 11.7 Å². The van der Waals surface area contributed by atoms with Crippen LogP contribution in [0.3, 0.4) is 0 Å². The maximum Gasteiger partial charge on any atom is 0.295 e. The number of aliphatic hydroxyl groups excluding tert-OH is 1. The Labute approximate surface area is 145 Å². The Hall–Kier alpha value is -2.59. The molecule has 1 unspecified atom stereocenters. The van der Waals surface area contributed by atoms with Crippen molar-refractivity contribution in [2.45, 2.75) is 13.0 Å². The Morgan fingerprint density at radius 2 is 1.62 bits per heavy atom. The van der Waals surface area contributed by atoms with E-state index in [1.54, 1.807) is 43.4 Å². The van der Waals surface area contributed by atoms with Crippen molar-refractivity contribution in [2.24, 2.45) is 0 Å². The van der Waals surface area contributed by atoms with Gasteiger partial charge in [0.2, 0.25) is 0 Å². The maximum atomic E-state index is 12.4. The van der Waals surface area contributed by atoms with Crippen LogP contribution in [0.5, 0.6) is 0 Å². The number of carbonyl (C=O) groups excluding carboxylic acids is 2. The topological polar surface area (TPSA) is 57.6 Å². The number of likely N-dealkylation sites (N-methyl/N-ethyl adjacent to an activating group) is 1. The molecule has 5 heteroatoms. The van der Waals surface area contributed by atoms with E-state index in [1.165, 1.54) is 4.90 Å². The van der Waals surface area contributed by atoms with Crippen LogP contribution in [-0.2, 0) is 9.59 Å². The van der Waals surface area contributed by atoms with E-state index >= 15 is 0 Å². The second-order valence-electron chi connectivity index (χ2n) is 5.83. The highest BCUT2D eigenvalue weighted by Gasteiger charge is 2.44. The summed E-state index contributed by atoms with van der Waals surface area (Å²) < 4.78 is 0. The Morgan fingerprint density at radius 1 is 1.04 bits per heavy atom. The van der Waals surface area contributed by atoms with Crippen molar-refractivity contribution in [3.63, 3.8) is 0 Å². The predicted molar refractivity (Wildman–Crippen MR) is 92.7 cm³/mol. The van der Waals surface area contributed by atoms with Crippen LogP contribution in [0.15, 0.2) is 54.1 Å². The lowest BCUT2D eigenvalue weighted by molar-refractivity contribution is -0.139. The largest absolute Gasteiger partial charge is 0.507 e. The first kappa shape index (κ1) is 16.3. The summed E-state index contributed by atoms with van der Waals surface area (Å²) in [6.45, 7) is 1.93. The van der Waals surface area contributed by atoms with Crippen molar-refractivity contribution in [1.29, 1.82) is 0 Å². The fourth-order valence-electron chi connectivity index (χ4n) is 2.85. The molecular weight excluding hydrogens is 326 g/mol.